The molecule has 0 fully saturated rings. The van der Waals surface area contributed by atoms with Gasteiger partial charge in [0, 0.05) is 29.1 Å². The van der Waals surface area contributed by atoms with Crippen molar-refractivity contribution >= 4 is 26.8 Å². The van der Waals surface area contributed by atoms with Gasteiger partial charge in [0.1, 0.15) is 5.76 Å². The first kappa shape index (κ1) is 21.6. The van der Waals surface area contributed by atoms with Gasteiger partial charge in [-0.15, -0.1) is 0 Å². The van der Waals surface area contributed by atoms with Gasteiger partial charge in [-0.3, -0.25) is 9.88 Å². The lowest BCUT2D eigenvalue weighted by atomic mass is 10.0. The van der Waals surface area contributed by atoms with Gasteiger partial charge in [0.15, 0.2) is 0 Å². The summed E-state index contributed by atoms with van der Waals surface area (Å²) in [6.45, 7) is 3.36. The van der Waals surface area contributed by atoms with Crippen LogP contribution < -0.4 is 0 Å². The van der Waals surface area contributed by atoms with Crippen molar-refractivity contribution in [2.45, 2.75) is 32.7 Å². The van der Waals surface area contributed by atoms with E-state index < -0.39 is 11.9 Å². The third-order valence-corrected chi connectivity index (χ3v) is 5.65. The number of fused-ring (bicyclic) bond motifs is 1. The summed E-state index contributed by atoms with van der Waals surface area (Å²) in [6, 6.07) is 18.2. The van der Waals surface area contributed by atoms with Crippen molar-refractivity contribution in [1.29, 1.82) is 0 Å². The van der Waals surface area contributed by atoms with E-state index in [2.05, 4.69) is 25.8 Å². The monoisotopic (exact) mass is 488 g/mol. The summed E-state index contributed by atoms with van der Waals surface area (Å²) in [5, 5.41) is 1.04. The van der Waals surface area contributed by atoms with E-state index in [1.165, 1.54) is 6.07 Å². The summed E-state index contributed by atoms with van der Waals surface area (Å²) in [4.78, 5) is 6.57. The van der Waals surface area contributed by atoms with Gasteiger partial charge in [0.25, 0.3) is 0 Å². The first-order valence-corrected chi connectivity index (χ1v) is 10.5. The number of benzene rings is 2. The number of aromatic nitrogens is 1. The van der Waals surface area contributed by atoms with Crippen molar-refractivity contribution in [3.05, 3.63) is 99.5 Å². The van der Waals surface area contributed by atoms with Crippen LogP contribution in [0.3, 0.4) is 0 Å². The van der Waals surface area contributed by atoms with Crippen molar-refractivity contribution < 1.29 is 17.6 Å². The Kier molecular flexibility index (Phi) is 6.16. The van der Waals surface area contributed by atoms with Crippen LogP contribution >= 0.6 is 15.9 Å². The zero-order valence-corrected chi connectivity index (χ0v) is 18.4. The van der Waals surface area contributed by atoms with Crippen LogP contribution in [0.2, 0.25) is 0 Å². The van der Waals surface area contributed by atoms with Gasteiger partial charge in [-0.1, -0.05) is 46.3 Å². The maximum atomic E-state index is 13.0. The summed E-state index contributed by atoms with van der Waals surface area (Å²) in [5.41, 5.74) is 4.09. The maximum Gasteiger partial charge on any atom is 0.449 e. The fourth-order valence-corrected chi connectivity index (χ4v) is 3.85. The Morgan fingerprint density at radius 1 is 0.935 bits per heavy atom. The molecule has 4 aromatic rings. The molecule has 0 radical (unpaired) electrons. The number of hydrogen-bond donors (Lipinski definition) is 0. The highest BCUT2D eigenvalue weighted by atomic mass is 79.9. The Labute approximate surface area is 186 Å². The first-order valence-electron chi connectivity index (χ1n) is 9.75. The van der Waals surface area contributed by atoms with Crippen LogP contribution in [0, 0.1) is 6.92 Å². The Bertz CT molecular complexity index is 1190. The molecule has 0 aliphatic heterocycles. The minimum atomic E-state index is -4.49. The van der Waals surface area contributed by atoms with E-state index in [9.17, 15) is 13.2 Å². The Hall–Kier alpha value is -2.64. The number of nitrogens with zero attached hydrogens (tertiary/aromatic N) is 2. The topological polar surface area (TPSA) is 29.3 Å². The second kappa shape index (κ2) is 8.85. The number of hydrogen-bond acceptors (Lipinski definition) is 3. The van der Waals surface area contributed by atoms with Gasteiger partial charge in [-0.25, -0.2) is 0 Å². The zero-order valence-electron chi connectivity index (χ0n) is 16.8. The van der Waals surface area contributed by atoms with Gasteiger partial charge in [0.05, 0.1) is 12.1 Å². The van der Waals surface area contributed by atoms with E-state index in [0.717, 1.165) is 38.1 Å². The van der Waals surface area contributed by atoms with E-state index in [4.69, 9.17) is 4.42 Å². The van der Waals surface area contributed by atoms with Crippen LogP contribution in [0.25, 0.3) is 10.9 Å². The van der Waals surface area contributed by atoms with Crippen LogP contribution in [0.4, 0.5) is 13.2 Å². The van der Waals surface area contributed by atoms with Gasteiger partial charge in [-0.05, 0) is 53.9 Å². The summed E-state index contributed by atoms with van der Waals surface area (Å²) < 4.78 is 45.0. The molecule has 160 valence electrons. The van der Waals surface area contributed by atoms with Crippen molar-refractivity contribution in [1.82, 2.24) is 9.88 Å². The molecule has 4 rings (SSSR count). The highest BCUT2D eigenvalue weighted by molar-refractivity contribution is 9.10. The number of furan rings is 1. The van der Waals surface area contributed by atoms with Crippen molar-refractivity contribution in [2.24, 2.45) is 0 Å². The number of alkyl halides is 3. The molecule has 3 nitrogen and oxygen atoms in total. The average Bonchev–Trinajstić information content (AvgIpc) is 3.21. The number of halogens is 4. The molecule has 0 amide bonds. The van der Waals surface area contributed by atoms with Crippen molar-refractivity contribution in [3.8, 4) is 0 Å². The SMILES string of the molecule is Cc1cnc2ccccc2c1CN(Cc1ccc(Br)cc1)Cc1ccc(C(F)(F)F)o1. The second-order valence-electron chi connectivity index (χ2n) is 7.47. The quantitative estimate of drug-likeness (QED) is 0.289. The second-order valence-corrected chi connectivity index (χ2v) is 8.39. The summed E-state index contributed by atoms with van der Waals surface area (Å²) in [5.74, 6) is -0.697. The smallest absolute Gasteiger partial charge is 0.449 e. The van der Waals surface area contributed by atoms with Crippen LogP contribution in [0.5, 0.6) is 0 Å². The van der Waals surface area contributed by atoms with E-state index in [1.807, 2.05) is 61.7 Å². The molecular formula is C24H20BrF3N2O. The number of aryl methyl sites for hydroxylation is 1. The molecule has 0 unspecified atom stereocenters. The molecule has 31 heavy (non-hydrogen) atoms. The molecule has 0 spiro atoms. The van der Waals surface area contributed by atoms with E-state index in [1.54, 1.807) is 0 Å². The maximum absolute atomic E-state index is 13.0. The molecule has 0 aliphatic rings. The molecule has 0 aliphatic carbocycles. The van der Waals surface area contributed by atoms with Crippen LogP contribution in [0.15, 0.2) is 75.8 Å². The largest absolute Gasteiger partial charge is 0.455 e. The van der Waals surface area contributed by atoms with Crippen LogP contribution in [-0.2, 0) is 25.8 Å². The van der Waals surface area contributed by atoms with Gasteiger partial charge in [0.2, 0.25) is 5.76 Å². The molecule has 2 aromatic carbocycles. The van der Waals surface area contributed by atoms with E-state index in [-0.39, 0.29) is 12.3 Å². The highest BCUT2D eigenvalue weighted by Crippen LogP contribution is 2.31. The standard InChI is InChI=1S/C24H20BrF3N2O/c1-16-12-29-22-5-3-2-4-20(22)21(16)15-30(13-17-6-8-18(25)9-7-17)14-19-10-11-23(31-19)24(26,27)28/h2-12H,13-15H2,1H3. The predicted octanol–water partition coefficient (Wildman–Crippen LogP) is 7.12. The molecule has 2 heterocycles. The number of pyridine rings is 1. The van der Waals surface area contributed by atoms with Crippen molar-refractivity contribution in [2.75, 3.05) is 0 Å². The summed E-state index contributed by atoms with van der Waals surface area (Å²) >= 11 is 3.44. The molecule has 2 aromatic heterocycles. The van der Waals surface area contributed by atoms with Gasteiger partial charge >= 0.3 is 6.18 Å². The van der Waals surface area contributed by atoms with E-state index in [0.29, 0.717) is 13.1 Å². The predicted molar refractivity (Wildman–Crippen MR) is 117 cm³/mol. The molecular weight excluding hydrogens is 469 g/mol. The molecule has 0 atom stereocenters. The van der Waals surface area contributed by atoms with Crippen LogP contribution in [-0.4, -0.2) is 9.88 Å². The molecule has 0 N–H and O–H groups in total. The molecule has 0 saturated heterocycles. The highest BCUT2D eigenvalue weighted by Gasteiger charge is 2.34. The number of rotatable bonds is 6. The molecule has 0 bridgehead atoms. The lowest BCUT2D eigenvalue weighted by molar-refractivity contribution is -0.153. The Morgan fingerprint density at radius 3 is 2.39 bits per heavy atom. The number of para-hydroxylation sites is 1. The summed E-state index contributed by atoms with van der Waals surface area (Å²) in [6.07, 6.45) is -2.66. The Morgan fingerprint density at radius 2 is 1.68 bits per heavy atom. The normalized spacial score (nSPS) is 12.1. The minimum Gasteiger partial charge on any atom is -0.455 e. The minimum absolute atomic E-state index is 0.252. The fraction of sp³-hybridized carbons (Fsp3) is 0.208. The third kappa shape index (κ3) is 5.17. The van der Waals surface area contributed by atoms with Gasteiger partial charge < -0.3 is 4.42 Å². The summed E-state index contributed by atoms with van der Waals surface area (Å²) in [7, 11) is 0. The Balaban J connectivity index is 1.66. The van der Waals surface area contributed by atoms with Gasteiger partial charge in [-0.2, -0.15) is 13.2 Å². The zero-order chi connectivity index (χ0) is 22.0. The molecule has 0 saturated carbocycles. The lowest BCUT2D eigenvalue weighted by Crippen LogP contribution is -2.23. The third-order valence-electron chi connectivity index (χ3n) is 5.12. The van der Waals surface area contributed by atoms with Crippen molar-refractivity contribution in [3.63, 3.8) is 0 Å². The first-order chi connectivity index (χ1) is 14.8. The molecule has 7 heteroatoms. The lowest BCUT2D eigenvalue weighted by Gasteiger charge is -2.23. The fourth-order valence-electron chi connectivity index (χ4n) is 3.58. The van der Waals surface area contributed by atoms with Crippen LogP contribution in [0.1, 0.15) is 28.2 Å². The average molecular weight is 489 g/mol. The van der Waals surface area contributed by atoms with E-state index >= 15 is 0 Å².